The van der Waals surface area contributed by atoms with Gasteiger partial charge in [0, 0.05) is 12.4 Å². The molecular formula is C22H14ClN7O. The molecule has 2 aromatic carbocycles. The van der Waals surface area contributed by atoms with Gasteiger partial charge in [-0.1, -0.05) is 41.9 Å². The number of pyridine rings is 1. The summed E-state index contributed by atoms with van der Waals surface area (Å²) < 4.78 is 1.38. The van der Waals surface area contributed by atoms with Gasteiger partial charge in [-0.25, -0.2) is 9.97 Å². The van der Waals surface area contributed by atoms with E-state index in [9.17, 15) is 15.3 Å². The number of aromatic nitrogens is 3. The number of hydrogen-bond acceptors (Lipinski definition) is 7. The number of para-hydroxylation sites is 1. The van der Waals surface area contributed by atoms with Crippen molar-refractivity contribution >= 4 is 39.8 Å². The first kappa shape index (κ1) is 19.9. The Kier molecular flexibility index (Phi) is 5.00. The second kappa shape index (κ2) is 7.79. The van der Waals surface area contributed by atoms with Gasteiger partial charge in [0.1, 0.15) is 41.2 Å². The molecule has 0 bridgehead atoms. The predicted molar refractivity (Wildman–Crippen MR) is 118 cm³/mol. The maximum atomic E-state index is 13.6. The number of nitrogen functional groups attached to an aromatic ring is 1. The van der Waals surface area contributed by atoms with Crippen LogP contribution < -0.4 is 16.2 Å². The fourth-order valence-electron chi connectivity index (χ4n) is 3.49. The van der Waals surface area contributed by atoms with Crippen LogP contribution in [0.25, 0.3) is 16.5 Å². The summed E-state index contributed by atoms with van der Waals surface area (Å²) in [4.78, 5) is 23.1. The Morgan fingerprint density at radius 3 is 2.42 bits per heavy atom. The quantitative estimate of drug-likeness (QED) is 0.530. The number of halogens is 1. The Labute approximate surface area is 182 Å². The van der Waals surface area contributed by atoms with Crippen molar-refractivity contribution in [1.29, 1.82) is 10.5 Å². The normalized spacial score (nSPS) is 10.5. The number of benzene rings is 2. The van der Waals surface area contributed by atoms with Crippen molar-refractivity contribution in [2.24, 2.45) is 0 Å². The Morgan fingerprint density at radius 1 is 1.03 bits per heavy atom. The first-order valence-electron chi connectivity index (χ1n) is 9.06. The predicted octanol–water partition coefficient (Wildman–Crippen LogP) is 3.53. The highest BCUT2D eigenvalue weighted by molar-refractivity contribution is 6.35. The molecule has 4 rings (SSSR count). The highest BCUT2D eigenvalue weighted by Gasteiger charge is 2.25. The number of nitrogens with two attached hydrogens (primary N) is 1. The largest absolute Gasteiger partial charge is 0.382 e. The lowest BCUT2D eigenvalue weighted by atomic mass is 10.1. The molecule has 0 atom stereocenters. The molecule has 0 aliphatic heterocycles. The van der Waals surface area contributed by atoms with Gasteiger partial charge in [-0.15, -0.1) is 0 Å². The van der Waals surface area contributed by atoms with Crippen LogP contribution in [0.5, 0.6) is 0 Å². The molecule has 8 nitrogen and oxygen atoms in total. The molecule has 0 aliphatic rings. The van der Waals surface area contributed by atoms with Gasteiger partial charge in [0.2, 0.25) is 0 Å². The van der Waals surface area contributed by atoms with Crippen molar-refractivity contribution in [3.63, 3.8) is 0 Å². The second-order valence-corrected chi connectivity index (χ2v) is 6.98. The minimum Gasteiger partial charge on any atom is -0.382 e. The Hall–Kier alpha value is -4.40. The van der Waals surface area contributed by atoms with Crippen molar-refractivity contribution in [3.8, 4) is 17.8 Å². The van der Waals surface area contributed by atoms with E-state index in [0.717, 1.165) is 0 Å². The zero-order valence-electron chi connectivity index (χ0n) is 16.2. The van der Waals surface area contributed by atoms with Crippen LogP contribution in [-0.2, 0) is 0 Å². The summed E-state index contributed by atoms with van der Waals surface area (Å²) in [6.45, 7) is 0. The third-order valence-electron chi connectivity index (χ3n) is 4.87. The van der Waals surface area contributed by atoms with Crippen molar-refractivity contribution in [1.82, 2.24) is 14.5 Å². The van der Waals surface area contributed by atoms with Crippen LogP contribution in [0.2, 0.25) is 5.02 Å². The van der Waals surface area contributed by atoms with Crippen LogP contribution in [0, 0.1) is 22.7 Å². The zero-order chi connectivity index (χ0) is 22.1. The van der Waals surface area contributed by atoms with Crippen molar-refractivity contribution in [2.75, 3.05) is 17.7 Å². The highest BCUT2D eigenvalue weighted by atomic mass is 35.5. The molecule has 9 heteroatoms. The van der Waals surface area contributed by atoms with E-state index in [4.69, 9.17) is 17.3 Å². The van der Waals surface area contributed by atoms with Crippen molar-refractivity contribution in [2.45, 2.75) is 0 Å². The van der Waals surface area contributed by atoms with Gasteiger partial charge in [0.25, 0.3) is 5.56 Å². The number of anilines is 3. The monoisotopic (exact) mass is 427 g/mol. The minimum atomic E-state index is -0.409. The fraction of sp³-hybridized carbons (Fsp3) is 0.0455. The number of rotatable bonds is 3. The van der Waals surface area contributed by atoms with Crippen LogP contribution in [0.15, 0.2) is 59.7 Å². The Morgan fingerprint density at radius 2 is 1.74 bits per heavy atom. The van der Waals surface area contributed by atoms with Gasteiger partial charge in [-0.05, 0) is 18.2 Å². The van der Waals surface area contributed by atoms with Crippen LogP contribution in [0.4, 0.5) is 17.5 Å². The lowest BCUT2D eigenvalue weighted by Crippen LogP contribution is -2.28. The maximum Gasteiger partial charge on any atom is 0.266 e. The van der Waals surface area contributed by atoms with E-state index in [1.807, 2.05) is 12.1 Å². The molecule has 0 saturated carbocycles. The molecule has 0 unspecified atom stereocenters. The van der Waals surface area contributed by atoms with E-state index in [2.05, 4.69) is 16.0 Å². The average molecular weight is 428 g/mol. The highest BCUT2D eigenvalue weighted by Crippen LogP contribution is 2.35. The first-order valence-corrected chi connectivity index (χ1v) is 9.44. The van der Waals surface area contributed by atoms with Crippen molar-refractivity contribution < 1.29 is 0 Å². The molecule has 0 saturated heterocycles. The van der Waals surface area contributed by atoms with E-state index in [-0.39, 0.29) is 39.0 Å². The van der Waals surface area contributed by atoms with Gasteiger partial charge < -0.3 is 10.6 Å². The van der Waals surface area contributed by atoms with Gasteiger partial charge in [0.15, 0.2) is 5.82 Å². The molecule has 0 aliphatic carbocycles. The van der Waals surface area contributed by atoms with Gasteiger partial charge >= 0.3 is 0 Å². The van der Waals surface area contributed by atoms with Gasteiger partial charge in [0.05, 0.1) is 16.1 Å². The second-order valence-electron chi connectivity index (χ2n) is 6.58. The van der Waals surface area contributed by atoms with Crippen LogP contribution >= 0.6 is 11.6 Å². The smallest absolute Gasteiger partial charge is 0.266 e. The molecule has 31 heavy (non-hydrogen) atoms. The summed E-state index contributed by atoms with van der Waals surface area (Å²) in [5.74, 6) is 0.385. The number of nitrogens with zero attached hydrogens (tertiary/aromatic N) is 6. The number of fused-ring (bicyclic) bond motifs is 1. The van der Waals surface area contributed by atoms with E-state index in [1.54, 1.807) is 49.5 Å². The summed E-state index contributed by atoms with van der Waals surface area (Å²) in [7, 11) is 1.61. The van der Waals surface area contributed by atoms with Gasteiger partial charge in [-0.2, -0.15) is 10.5 Å². The SMILES string of the molecule is CN(c1ncnc(N)c1C#N)c1c(C#N)c2cccc(Cl)c2c(=O)n1-c1ccccc1. The van der Waals surface area contributed by atoms with E-state index in [1.165, 1.54) is 15.8 Å². The minimum absolute atomic E-state index is 0.00435. The molecule has 2 heterocycles. The molecule has 0 spiro atoms. The standard InChI is InChI=1S/C22H14ClN7O/c1-29(20-16(11-25)19(26)27-12-28-20)21-15(10-24)14-8-5-9-17(23)18(14)22(31)30(21)13-6-3-2-4-7-13/h2-9,12H,1H3,(H2,26,27,28). The lowest BCUT2D eigenvalue weighted by Gasteiger charge is -2.25. The van der Waals surface area contributed by atoms with Crippen LogP contribution in [-0.4, -0.2) is 21.6 Å². The molecular weight excluding hydrogens is 414 g/mol. The van der Waals surface area contributed by atoms with Gasteiger partial charge in [-0.3, -0.25) is 9.36 Å². The topological polar surface area (TPSA) is 125 Å². The summed E-state index contributed by atoms with van der Waals surface area (Å²) >= 11 is 6.35. The van der Waals surface area contributed by atoms with Crippen molar-refractivity contribution in [3.05, 3.63) is 81.4 Å². The molecule has 2 aromatic heterocycles. The number of hydrogen-bond donors (Lipinski definition) is 1. The lowest BCUT2D eigenvalue weighted by molar-refractivity contribution is 0.941. The fourth-order valence-corrected chi connectivity index (χ4v) is 3.74. The molecule has 0 fully saturated rings. The third kappa shape index (κ3) is 3.12. The maximum absolute atomic E-state index is 13.6. The molecule has 150 valence electrons. The zero-order valence-corrected chi connectivity index (χ0v) is 17.0. The van der Waals surface area contributed by atoms with Crippen LogP contribution in [0.3, 0.4) is 0 Å². The Balaban J connectivity index is 2.20. The number of nitriles is 2. The van der Waals surface area contributed by atoms with Crippen LogP contribution in [0.1, 0.15) is 11.1 Å². The molecule has 2 N–H and O–H groups in total. The molecule has 0 radical (unpaired) electrons. The van der Waals surface area contributed by atoms with E-state index >= 15 is 0 Å². The first-order chi connectivity index (χ1) is 15.0. The van der Waals surface area contributed by atoms with E-state index in [0.29, 0.717) is 11.1 Å². The summed E-state index contributed by atoms with van der Waals surface area (Å²) in [5, 5.41) is 20.5. The average Bonchev–Trinajstić information content (AvgIpc) is 2.78. The third-order valence-corrected chi connectivity index (χ3v) is 5.18. The summed E-state index contributed by atoms with van der Waals surface area (Å²) in [6, 6.07) is 18.0. The molecule has 4 aromatic rings. The Bertz CT molecular complexity index is 1470. The molecule has 0 amide bonds. The summed E-state index contributed by atoms with van der Waals surface area (Å²) in [5.41, 5.74) is 6.20. The van der Waals surface area contributed by atoms with E-state index < -0.39 is 5.56 Å². The summed E-state index contributed by atoms with van der Waals surface area (Å²) in [6.07, 6.45) is 1.22.